The van der Waals surface area contributed by atoms with E-state index in [0.29, 0.717) is 5.69 Å². The molecule has 0 saturated heterocycles. The van der Waals surface area contributed by atoms with Crippen LogP contribution in [0.25, 0.3) is 0 Å². The SMILES string of the molecule is CC1N=CN(c2cc(N)cc(C(F)(F)F)c2)C1C. The third-order valence-corrected chi connectivity index (χ3v) is 3.13. The molecular weight excluding hydrogens is 243 g/mol. The summed E-state index contributed by atoms with van der Waals surface area (Å²) in [6.45, 7) is 3.83. The molecule has 1 heterocycles. The minimum Gasteiger partial charge on any atom is -0.399 e. The highest BCUT2D eigenvalue weighted by molar-refractivity contribution is 5.83. The Kier molecular flexibility index (Phi) is 2.96. The van der Waals surface area contributed by atoms with Gasteiger partial charge < -0.3 is 10.6 Å². The summed E-state index contributed by atoms with van der Waals surface area (Å²) < 4.78 is 38.1. The van der Waals surface area contributed by atoms with Crippen LogP contribution in [0.5, 0.6) is 0 Å². The Morgan fingerprint density at radius 3 is 2.39 bits per heavy atom. The van der Waals surface area contributed by atoms with Crippen molar-refractivity contribution in [3.05, 3.63) is 23.8 Å². The lowest BCUT2D eigenvalue weighted by molar-refractivity contribution is -0.137. The van der Waals surface area contributed by atoms with Crippen molar-refractivity contribution < 1.29 is 13.2 Å². The van der Waals surface area contributed by atoms with E-state index in [1.54, 1.807) is 11.2 Å². The molecule has 1 aromatic rings. The number of anilines is 2. The van der Waals surface area contributed by atoms with Crippen LogP contribution in [0.3, 0.4) is 0 Å². The van der Waals surface area contributed by atoms with E-state index in [1.165, 1.54) is 6.07 Å². The topological polar surface area (TPSA) is 41.6 Å². The molecule has 0 radical (unpaired) electrons. The second-order valence-corrected chi connectivity index (χ2v) is 4.46. The summed E-state index contributed by atoms with van der Waals surface area (Å²) in [5, 5.41) is 0. The van der Waals surface area contributed by atoms with E-state index in [1.807, 2.05) is 13.8 Å². The van der Waals surface area contributed by atoms with Crippen LogP contribution >= 0.6 is 0 Å². The molecule has 6 heteroatoms. The highest BCUT2D eigenvalue weighted by Gasteiger charge is 2.32. The van der Waals surface area contributed by atoms with Crippen LogP contribution in [-0.4, -0.2) is 18.4 Å². The lowest BCUT2D eigenvalue weighted by Gasteiger charge is -2.24. The molecule has 0 amide bonds. The van der Waals surface area contributed by atoms with Gasteiger partial charge in [-0.25, -0.2) is 0 Å². The number of nitrogens with zero attached hydrogens (tertiary/aromatic N) is 2. The summed E-state index contributed by atoms with van der Waals surface area (Å²) in [6.07, 6.45) is -2.83. The number of nitrogens with two attached hydrogens (primary N) is 1. The van der Waals surface area contributed by atoms with E-state index in [2.05, 4.69) is 4.99 Å². The van der Waals surface area contributed by atoms with Crippen molar-refractivity contribution in [3.8, 4) is 0 Å². The second kappa shape index (κ2) is 4.19. The highest BCUT2D eigenvalue weighted by atomic mass is 19.4. The molecular formula is C12H14F3N3. The molecule has 0 aliphatic carbocycles. The number of halogens is 3. The number of hydrogen-bond donors (Lipinski definition) is 1. The standard InChI is InChI=1S/C12H14F3N3/c1-7-8(2)18(6-17-7)11-4-9(12(13,14)15)3-10(16)5-11/h3-8H,16H2,1-2H3. The molecule has 2 unspecified atom stereocenters. The van der Waals surface area contributed by atoms with Crippen molar-refractivity contribution in [2.45, 2.75) is 32.1 Å². The van der Waals surface area contributed by atoms with Gasteiger partial charge in [0.15, 0.2) is 0 Å². The second-order valence-electron chi connectivity index (χ2n) is 4.46. The van der Waals surface area contributed by atoms with Crippen LogP contribution in [-0.2, 0) is 6.18 Å². The van der Waals surface area contributed by atoms with E-state index in [9.17, 15) is 13.2 Å². The maximum Gasteiger partial charge on any atom is 0.416 e. The monoisotopic (exact) mass is 257 g/mol. The molecule has 2 N–H and O–H groups in total. The molecule has 1 aliphatic heterocycles. The first-order valence-electron chi connectivity index (χ1n) is 5.58. The minimum absolute atomic E-state index is 0.0212. The quantitative estimate of drug-likeness (QED) is 0.786. The maximum absolute atomic E-state index is 12.7. The maximum atomic E-state index is 12.7. The Hall–Kier alpha value is -1.72. The van der Waals surface area contributed by atoms with Gasteiger partial charge in [0.2, 0.25) is 0 Å². The van der Waals surface area contributed by atoms with E-state index < -0.39 is 11.7 Å². The third kappa shape index (κ3) is 2.27. The largest absolute Gasteiger partial charge is 0.416 e. The zero-order chi connectivity index (χ0) is 13.5. The number of rotatable bonds is 1. The summed E-state index contributed by atoms with van der Waals surface area (Å²) in [5.74, 6) is 0. The Balaban J connectivity index is 2.41. The Labute approximate surface area is 103 Å². The Morgan fingerprint density at radius 1 is 1.22 bits per heavy atom. The summed E-state index contributed by atoms with van der Waals surface area (Å²) in [7, 11) is 0. The smallest absolute Gasteiger partial charge is 0.399 e. The fourth-order valence-electron chi connectivity index (χ4n) is 1.89. The van der Waals surface area contributed by atoms with Crippen molar-refractivity contribution in [2.75, 3.05) is 10.6 Å². The summed E-state index contributed by atoms with van der Waals surface area (Å²) in [5.41, 5.74) is 5.31. The third-order valence-electron chi connectivity index (χ3n) is 3.13. The molecule has 0 saturated carbocycles. The number of alkyl halides is 3. The molecule has 3 nitrogen and oxygen atoms in total. The lowest BCUT2D eigenvalue weighted by Crippen LogP contribution is -2.32. The molecule has 2 atom stereocenters. The summed E-state index contributed by atoms with van der Waals surface area (Å²) in [6, 6.07) is 3.63. The van der Waals surface area contributed by atoms with Gasteiger partial charge in [0, 0.05) is 11.4 Å². The molecule has 2 rings (SSSR count). The van der Waals surface area contributed by atoms with Crippen LogP contribution in [0.15, 0.2) is 23.2 Å². The molecule has 1 aliphatic rings. The zero-order valence-electron chi connectivity index (χ0n) is 10.1. The van der Waals surface area contributed by atoms with Crippen LogP contribution < -0.4 is 10.6 Å². The molecule has 0 bridgehead atoms. The van der Waals surface area contributed by atoms with E-state index in [-0.39, 0.29) is 17.8 Å². The van der Waals surface area contributed by atoms with Gasteiger partial charge in [-0.1, -0.05) is 0 Å². The molecule has 98 valence electrons. The molecule has 0 fully saturated rings. The highest BCUT2D eigenvalue weighted by Crippen LogP contribution is 2.34. The first-order chi connectivity index (χ1) is 8.29. The van der Waals surface area contributed by atoms with Crippen LogP contribution in [0, 0.1) is 0 Å². The van der Waals surface area contributed by atoms with Gasteiger partial charge in [-0.05, 0) is 32.0 Å². The molecule has 0 aromatic heterocycles. The van der Waals surface area contributed by atoms with Gasteiger partial charge in [-0.3, -0.25) is 4.99 Å². The van der Waals surface area contributed by atoms with Crippen molar-refractivity contribution in [2.24, 2.45) is 4.99 Å². The van der Waals surface area contributed by atoms with Crippen molar-refractivity contribution in [1.82, 2.24) is 0 Å². The first kappa shape index (κ1) is 12.7. The molecule has 1 aromatic carbocycles. The average molecular weight is 257 g/mol. The Bertz CT molecular complexity index is 482. The Morgan fingerprint density at radius 2 is 1.89 bits per heavy atom. The number of hydrogen-bond acceptors (Lipinski definition) is 3. The van der Waals surface area contributed by atoms with E-state index in [4.69, 9.17) is 5.73 Å². The molecule has 18 heavy (non-hydrogen) atoms. The van der Waals surface area contributed by atoms with Crippen LogP contribution in [0.4, 0.5) is 24.5 Å². The predicted molar refractivity (Wildman–Crippen MR) is 65.8 cm³/mol. The first-order valence-corrected chi connectivity index (χ1v) is 5.58. The fraction of sp³-hybridized carbons (Fsp3) is 0.417. The van der Waals surface area contributed by atoms with Crippen LogP contribution in [0.1, 0.15) is 19.4 Å². The van der Waals surface area contributed by atoms with Gasteiger partial charge >= 0.3 is 6.18 Å². The number of benzene rings is 1. The van der Waals surface area contributed by atoms with Crippen molar-refractivity contribution >= 4 is 17.7 Å². The van der Waals surface area contributed by atoms with Gasteiger partial charge in [0.05, 0.1) is 24.0 Å². The minimum atomic E-state index is -4.39. The van der Waals surface area contributed by atoms with Gasteiger partial charge in [0.25, 0.3) is 0 Å². The van der Waals surface area contributed by atoms with Crippen molar-refractivity contribution in [1.29, 1.82) is 0 Å². The van der Waals surface area contributed by atoms with Gasteiger partial charge in [-0.2, -0.15) is 13.2 Å². The number of nitrogen functional groups attached to an aromatic ring is 1. The average Bonchev–Trinajstić information content (AvgIpc) is 2.58. The van der Waals surface area contributed by atoms with Crippen LogP contribution in [0.2, 0.25) is 0 Å². The van der Waals surface area contributed by atoms with Crippen molar-refractivity contribution in [3.63, 3.8) is 0 Å². The van der Waals surface area contributed by atoms with Gasteiger partial charge in [-0.15, -0.1) is 0 Å². The fourth-order valence-corrected chi connectivity index (χ4v) is 1.89. The number of aliphatic imine (C=N–C) groups is 1. The predicted octanol–water partition coefficient (Wildman–Crippen LogP) is 2.91. The summed E-state index contributed by atoms with van der Waals surface area (Å²) in [4.78, 5) is 5.88. The van der Waals surface area contributed by atoms with E-state index in [0.717, 1.165) is 12.1 Å². The zero-order valence-corrected chi connectivity index (χ0v) is 10.1. The van der Waals surface area contributed by atoms with E-state index >= 15 is 0 Å². The lowest BCUT2D eigenvalue weighted by atomic mass is 10.1. The summed E-state index contributed by atoms with van der Waals surface area (Å²) >= 11 is 0. The normalized spacial score (nSPS) is 23.7. The van der Waals surface area contributed by atoms with Gasteiger partial charge in [0.1, 0.15) is 0 Å². The molecule has 0 spiro atoms.